The lowest BCUT2D eigenvalue weighted by Crippen LogP contribution is -2.29. The predicted molar refractivity (Wildman–Crippen MR) is 116 cm³/mol. The maximum absolute atomic E-state index is 14.1. The topological polar surface area (TPSA) is 79.7 Å². The van der Waals surface area contributed by atoms with Crippen LogP contribution in [0.25, 0.3) is 10.9 Å². The third-order valence-corrected chi connectivity index (χ3v) is 5.92. The van der Waals surface area contributed by atoms with Crippen LogP contribution in [0.3, 0.4) is 0 Å². The Bertz CT molecular complexity index is 1430. The van der Waals surface area contributed by atoms with E-state index in [9.17, 15) is 22.4 Å². The molecule has 3 aromatic heterocycles. The van der Waals surface area contributed by atoms with Gasteiger partial charge in [-0.2, -0.15) is 13.2 Å². The molecule has 5 rings (SSSR count). The van der Waals surface area contributed by atoms with Crippen LogP contribution in [-0.4, -0.2) is 25.6 Å². The summed E-state index contributed by atoms with van der Waals surface area (Å²) in [5, 5.41) is 7.51. The fourth-order valence-electron chi connectivity index (χ4n) is 4.28. The van der Waals surface area contributed by atoms with Crippen molar-refractivity contribution < 1.29 is 17.6 Å². The van der Waals surface area contributed by atoms with Gasteiger partial charge < -0.3 is 24.8 Å². The molecule has 1 aliphatic heterocycles. The van der Waals surface area contributed by atoms with E-state index in [4.69, 9.17) is 0 Å². The molecule has 0 saturated heterocycles. The van der Waals surface area contributed by atoms with E-state index in [0.717, 1.165) is 23.1 Å². The van der Waals surface area contributed by atoms with Crippen LogP contribution in [0.4, 0.5) is 29.2 Å². The van der Waals surface area contributed by atoms with E-state index in [1.807, 2.05) is 6.07 Å². The number of aryl methyl sites for hydroxylation is 2. The van der Waals surface area contributed by atoms with Gasteiger partial charge in [-0.15, -0.1) is 0 Å². The summed E-state index contributed by atoms with van der Waals surface area (Å²) < 4.78 is 56.1. The summed E-state index contributed by atoms with van der Waals surface area (Å²) >= 11 is 0. The lowest BCUT2D eigenvalue weighted by molar-refractivity contribution is -0.140. The number of benzene rings is 1. The summed E-state index contributed by atoms with van der Waals surface area (Å²) in [6, 6.07) is 4.56. The Morgan fingerprint density at radius 3 is 2.76 bits per heavy atom. The molecule has 4 heterocycles. The first-order chi connectivity index (χ1) is 15.6. The number of nitrogens with one attached hydrogen (secondary N) is 3. The number of nitrogens with zero attached hydrogens (tertiary/aromatic N) is 3. The number of rotatable bonds is 3. The van der Waals surface area contributed by atoms with Crippen LogP contribution in [0.2, 0.25) is 0 Å². The summed E-state index contributed by atoms with van der Waals surface area (Å²) in [7, 11) is 1.68. The van der Waals surface area contributed by atoms with Gasteiger partial charge >= 0.3 is 6.18 Å². The Kier molecular flexibility index (Phi) is 4.73. The van der Waals surface area contributed by atoms with E-state index in [1.165, 1.54) is 10.6 Å². The maximum Gasteiger partial charge on any atom is 0.419 e. The van der Waals surface area contributed by atoms with Gasteiger partial charge in [0.15, 0.2) is 11.6 Å². The Hall–Kier alpha value is -3.76. The molecule has 11 heteroatoms. The summed E-state index contributed by atoms with van der Waals surface area (Å²) in [6.45, 7) is 2.42. The van der Waals surface area contributed by atoms with Crippen molar-refractivity contribution in [2.24, 2.45) is 7.05 Å². The number of hydrogen-bond donors (Lipinski definition) is 3. The van der Waals surface area contributed by atoms with E-state index in [1.54, 1.807) is 30.9 Å². The molecule has 0 bridgehead atoms. The number of fused-ring (bicyclic) bond motifs is 2. The molecule has 1 atom stereocenters. The van der Waals surface area contributed by atoms with Gasteiger partial charge in [-0.05, 0) is 30.7 Å². The van der Waals surface area contributed by atoms with Crippen LogP contribution >= 0.6 is 0 Å². The number of aromatic amines is 1. The highest BCUT2D eigenvalue weighted by Gasteiger charge is 2.34. The Labute approximate surface area is 185 Å². The molecule has 0 amide bonds. The number of pyridine rings is 1. The van der Waals surface area contributed by atoms with Gasteiger partial charge in [0.25, 0.3) is 5.56 Å². The van der Waals surface area contributed by atoms with Gasteiger partial charge in [-0.3, -0.25) is 4.79 Å². The average molecular weight is 460 g/mol. The molecule has 1 aromatic carbocycles. The van der Waals surface area contributed by atoms with Gasteiger partial charge in [-0.25, -0.2) is 9.37 Å². The third-order valence-electron chi connectivity index (χ3n) is 5.92. The molecular weight excluding hydrogens is 440 g/mol. The molecule has 4 aromatic rings. The van der Waals surface area contributed by atoms with Gasteiger partial charge in [0, 0.05) is 36.9 Å². The van der Waals surface area contributed by atoms with Crippen molar-refractivity contribution in [2.45, 2.75) is 25.7 Å². The van der Waals surface area contributed by atoms with Gasteiger partial charge in [0.05, 0.1) is 18.2 Å². The van der Waals surface area contributed by atoms with Crippen LogP contribution in [-0.2, 0) is 19.8 Å². The summed E-state index contributed by atoms with van der Waals surface area (Å²) in [5.41, 5.74) is 0.363. The number of halogens is 4. The van der Waals surface area contributed by atoms with Gasteiger partial charge in [-0.1, -0.05) is 6.07 Å². The Balaban J connectivity index is 1.49. The van der Waals surface area contributed by atoms with Crippen LogP contribution in [0.5, 0.6) is 0 Å². The lowest BCUT2D eigenvalue weighted by Gasteiger charge is -2.28. The number of anilines is 2. The van der Waals surface area contributed by atoms with E-state index in [-0.39, 0.29) is 18.1 Å². The van der Waals surface area contributed by atoms with Crippen molar-refractivity contribution >= 4 is 22.5 Å². The normalized spacial score (nSPS) is 15.9. The first kappa shape index (κ1) is 21.1. The zero-order valence-corrected chi connectivity index (χ0v) is 17.7. The first-order valence-electron chi connectivity index (χ1n) is 10.2. The van der Waals surface area contributed by atoms with Crippen molar-refractivity contribution in [3.8, 4) is 0 Å². The van der Waals surface area contributed by atoms with Crippen LogP contribution in [0.1, 0.15) is 28.6 Å². The first-order valence-corrected chi connectivity index (χ1v) is 10.2. The van der Waals surface area contributed by atoms with Crippen LogP contribution in [0.15, 0.2) is 41.5 Å². The highest BCUT2D eigenvalue weighted by atomic mass is 19.4. The summed E-state index contributed by atoms with van der Waals surface area (Å²) in [6.07, 6.45) is -1.25. The molecule has 0 saturated carbocycles. The molecule has 1 unspecified atom stereocenters. The highest BCUT2D eigenvalue weighted by molar-refractivity contribution is 5.83. The smallest absolute Gasteiger partial charge is 0.365 e. The van der Waals surface area contributed by atoms with Crippen LogP contribution < -0.4 is 16.2 Å². The lowest BCUT2D eigenvalue weighted by atomic mass is 10.0. The number of imidazole rings is 1. The van der Waals surface area contributed by atoms with Crippen molar-refractivity contribution in [1.29, 1.82) is 0 Å². The molecule has 0 aliphatic carbocycles. The fourth-order valence-corrected chi connectivity index (χ4v) is 4.28. The van der Waals surface area contributed by atoms with Crippen LogP contribution in [0, 0.1) is 12.7 Å². The zero-order valence-electron chi connectivity index (χ0n) is 17.7. The van der Waals surface area contributed by atoms with Crippen molar-refractivity contribution in [2.75, 3.05) is 17.2 Å². The molecule has 3 N–H and O–H groups in total. The molecular formula is C22H20F4N6O. The second-order valence-electron chi connectivity index (χ2n) is 8.10. The number of H-pyrrole nitrogens is 1. The minimum absolute atomic E-state index is 0.131. The van der Waals surface area contributed by atoms with Crippen molar-refractivity contribution in [3.05, 3.63) is 75.3 Å². The van der Waals surface area contributed by atoms with E-state index in [0.29, 0.717) is 35.1 Å². The molecule has 0 spiro atoms. The standard InChI is InChI=1S/C22H20F4N6O/c1-11-29-19-20(32(11)9-12-3-4-15(16(23)7-12)22(24,25)26)30-17(8-28-19)14-10-31(2)21(33)18-13(14)5-6-27-18/h3-7,10,17,27-28,30H,8-9H2,1-2H3. The largest absolute Gasteiger partial charge is 0.419 e. The molecule has 1 aliphatic rings. The maximum atomic E-state index is 14.1. The summed E-state index contributed by atoms with van der Waals surface area (Å²) in [5.74, 6) is 0.553. The number of alkyl halides is 3. The highest BCUT2D eigenvalue weighted by Crippen LogP contribution is 2.35. The zero-order chi connectivity index (χ0) is 23.5. The second-order valence-corrected chi connectivity index (χ2v) is 8.10. The molecule has 0 radical (unpaired) electrons. The second kappa shape index (κ2) is 7.39. The quantitative estimate of drug-likeness (QED) is 0.401. The average Bonchev–Trinajstić information content (AvgIpc) is 3.35. The SMILES string of the molecule is Cc1nc2c(n1Cc1ccc(C(F)(F)F)c(F)c1)NC(c1cn(C)c(=O)c3[nH]ccc13)CN2. The molecule has 172 valence electrons. The molecule has 33 heavy (non-hydrogen) atoms. The van der Waals surface area contributed by atoms with Gasteiger partial charge in [0.1, 0.15) is 17.2 Å². The van der Waals surface area contributed by atoms with Crippen molar-refractivity contribution in [1.82, 2.24) is 19.1 Å². The van der Waals surface area contributed by atoms with E-state index >= 15 is 0 Å². The van der Waals surface area contributed by atoms with Gasteiger partial charge in [0.2, 0.25) is 0 Å². The fraction of sp³-hybridized carbons (Fsp3) is 0.273. The molecule has 7 nitrogen and oxygen atoms in total. The minimum atomic E-state index is -4.75. The number of hydrogen-bond acceptors (Lipinski definition) is 4. The molecule has 0 fully saturated rings. The number of aromatic nitrogens is 4. The van der Waals surface area contributed by atoms with Crippen molar-refractivity contribution in [3.63, 3.8) is 0 Å². The Morgan fingerprint density at radius 2 is 2.03 bits per heavy atom. The van der Waals surface area contributed by atoms with E-state index in [2.05, 4.69) is 20.6 Å². The predicted octanol–water partition coefficient (Wildman–Crippen LogP) is 4.16. The summed E-state index contributed by atoms with van der Waals surface area (Å²) in [4.78, 5) is 19.9. The monoisotopic (exact) mass is 460 g/mol. The van der Waals surface area contributed by atoms with E-state index < -0.39 is 17.6 Å². The third kappa shape index (κ3) is 3.53. The Morgan fingerprint density at radius 1 is 1.24 bits per heavy atom. The minimum Gasteiger partial charge on any atom is -0.365 e.